The predicted molar refractivity (Wildman–Crippen MR) is 100 cm³/mol. The van der Waals surface area contributed by atoms with Gasteiger partial charge in [-0.15, -0.1) is 0 Å². The Balaban J connectivity index is 1.56. The maximum atomic E-state index is 12.2. The van der Waals surface area contributed by atoms with E-state index >= 15 is 0 Å². The van der Waals surface area contributed by atoms with Gasteiger partial charge >= 0.3 is 0 Å². The minimum Gasteiger partial charge on any atom is -0.484 e. The number of rotatable bonds is 7. The van der Waals surface area contributed by atoms with Crippen LogP contribution in [0.3, 0.4) is 0 Å². The van der Waals surface area contributed by atoms with Crippen LogP contribution in [0.25, 0.3) is 0 Å². The first kappa shape index (κ1) is 18.5. The van der Waals surface area contributed by atoms with Crippen LogP contribution in [0.2, 0.25) is 0 Å². The van der Waals surface area contributed by atoms with Crippen molar-refractivity contribution < 1.29 is 13.9 Å². The van der Waals surface area contributed by atoms with Crippen molar-refractivity contribution in [2.24, 2.45) is 0 Å². The maximum Gasteiger partial charge on any atom is 0.258 e. The van der Waals surface area contributed by atoms with Crippen molar-refractivity contribution in [2.45, 2.75) is 13.0 Å². The molecule has 6 heteroatoms. The van der Waals surface area contributed by atoms with Gasteiger partial charge in [0.1, 0.15) is 17.3 Å². The lowest BCUT2D eigenvalue weighted by Crippen LogP contribution is -2.48. The maximum absolute atomic E-state index is 12.2. The first-order valence-corrected chi connectivity index (χ1v) is 9.05. The van der Waals surface area contributed by atoms with E-state index in [-0.39, 0.29) is 18.6 Å². The molecule has 0 aliphatic carbocycles. The molecular formula is C20H27N3O3. The Labute approximate surface area is 154 Å². The molecule has 1 saturated heterocycles. The van der Waals surface area contributed by atoms with Crippen LogP contribution >= 0.6 is 0 Å². The molecule has 0 saturated carbocycles. The molecule has 1 atom stereocenters. The van der Waals surface area contributed by atoms with Crippen molar-refractivity contribution in [1.29, 1.82) is 0 Å². The van der Waals surface area contributed by atoms with Crippen molar-refractivity contribution in [3.63, 3.8) is 0 Å². The number of hydrogen-bond acceptors (Lipinski definition) is 5. The minimum atomic E-state index is -0.128. The number of ether oxygens (including phenoxy) is 1. The first-order chi connectivity index (χ1) is 12.6. The number of para-hydroxylation sites is 1. The third kappa shape index (κ3) is 5.09. The monoisotopic (exact) mass is 357 g/mol. The highest BCUT2D eigenvalue weighted by atomic mass is 16.5. The summed E-state index contributed by atoms with van der Waals surface area (Å²) in [5, 5.41) is 2.99. The topological polar surface area (TPSA) is 58.0 Å². The Kier molecular flexibility index (Phi) is 6.30. The van der Waals surface area contributed by atoms with Crippen LogP contribution in [-0.2, 0) is 4.79 Å². The lowest BCUT2D eigenvalue weighted by molar-refractivity contribution is -0.123. The van der Waals surface area contributed by atoms with Gasteiger partial charge in [-0.25, -0.2) is 0 Å². The summed E-state index contributed by atoms with van der Waals surface area (Å²) in [6.07, 6.45) is 0. The summed E-state index contributed by atoms with van der Waals surface area (Å²) in [4.78, 5) is 16.9. The van der Waals surface area contributed by atoms with Crippen LogP contribution in [0.1, 0.15) is 17.6 Å². The SMILES string of the molecule is Cc1ccc([C@@H](CNC(=O)COc2ccccc2)N2CCN(C)CC2)o1. The molecule has 1 aromatic carbocycles. The molecule has 6 nitrogen and oxygen atoms in total. The number of hydrogen-bond donors (Lipinski definition) is 1. The standard InChI is InChI=1S/C20H27N3O3/c1-16-8-9-19(26-16)18(23-12-10-22(2)11-13-23)14-21-20(24)15-25-17-6-4-3-5-7-17/h3-9,18H,10-15H2,1-2H3,(H,21,24)/t18-/m1/s1. The lowest BCUT2D eigenvalue weighted by atomic mass is 10.1. The number of carbonyl (C=O) groups excluding carboxylic acids is 1. The molecule has 1 aliphatic heterocycles. The van der Waals surface area contributed by atoms with Crippen LogP contribution < -0.4 is 10.1 Å². The first-order valence-electron chi connectivity index (χ1n) is 9.05. The Morgan fingerprint density at radius 2 is 1.88 bits per heavy atom. The highest BCUT2D eigenvalue weighted by Crippen LogP contribution is 2.23. The van der Waals surface area contributed by atoms with Crippen molar-refractivity contribution in [3.8, 4) is 5.75 Å². The molecule has 0 unspecified atom stereocenters. The molecule has 0 radical (unpaired) electrons. The average molecular weight is 357 g/mol. The van der Waals surface area contributed by atoms with Crippen molar-refractivity contribution in [1.82, 2.24) is 15.1 Å². The van der Waals surface area contributed by atoms with Crippen molar-refractivity contribution in [2.75, 3.05) is 46.4 Å². The van der Waals surface area contributed by atoms with E-state index in [1.807, 2.05) is 49.4 Å². The Hall–Kier alpha value is -2.31. The molecule has 1 amide bonds. The van der Waals surface area contributed by atoms with Gasteiger partial charge in [0.15, 0.2) is 6.61 Å². The number of carbonyl (C=O) groups is 1. The molecule has 140 valence electrons. The highest BCUT2D eigenvalue weighted by Gasteiger charge is 2.26. The summed E-state index contributed by atoms with van der Waals surface area (Å²) in [5.74, 6) is 2.35. The number of amides is 1. The van der Waals surface area contributed by atoms with E-state index in [0.29, 0.717) is 12.3 Å². The molecular weight excluding hydrogens is 330 g/mol. The van der Waals surface area contributed by atoms with Crippen LogP contribution in [0.15, 0.2) is 46.9 Å². The van der Waals surface area contributed by atoms with Crippen LogP contribution in [0, 0.1) is 6.92 Å². The fourth-order valence-electron chi connectivity index (χ4n) is 3.10. The Morgan fingerprint density at radius 3 is 2.54 bits per heavy atom. The van der Waals surface area contributed by atoms with Crippen molar-refractivity contribution in [3.05, 3.63) is 54.0 Å². The lowest BCUT2D eigenvalue weighted by Gasteiger charge is -2.37. The molecule has 2 aromatic rings. The number of nitrogens with one attached hydrogen (secondary N) is 1. The molecule has 26 heavy (non-hydrogen) atoms. The Morgan fingerprint density at radius 1 is 1.15 bits per heavy atom. The van der Waals surface area contributed by atoms with Crippen molar-refractivity contribution >= 4 is 5.91 Å². The third-order valence-electron chi connectivity index (χ3n) is 4.67. The smallest absolute Gasteiger partial charge is 0.258 e. The van der Waals surface area contributed by atoms with Crippen LogP contribution in [0.4, 0.5) is 0 Å². The summed E-state index contributed by atoms with van der Waals surface area (Å²) in [5.41, 5.74) is 0. The zero-order chi connectivity index (χ0) is 18.4. The van der Waals surface area contributed by atoms with Gasteiger partial charge < -0.3 is 19.4 Å². The average Bonchev–Trinajstić information content (AvgIpc) is 3.08. The molecule has 0 bridgehead atoms. The molecule has 2 heterocycles. The molecule has 1 fully saturated rings. The zero-order valence-electron chi connectivity index (χ0n) is 15.5. The molecule has 1 N–H and O–H groups in total. The second-order valence-electron chi connectivity index (χ2n) is 6.71. The molecule has 0 spiro atoms. The van der Waals surface area contributed by atoms with Gasteiger partial charge in [-0.3, -0.25) is 9.69 Å². The summed E-state index contributed by atoms with van der Waals surface area (Å²) < 4.78 is 11.4. The van der Waals surface area contributed by atoms with E-state index in [2.05, 4.69) is 22.2 Å². The van der Waals surface area contributed by atoms with Gasteiger partial charge in [0.2, 0.25) is 0 Å². The largest absolute Gasteiger partial charge is 0.484 e. The minimum absolute atomic E-state index is 0.0106. The molecule has 1 aliphatic rings. The van der Waals surface area contributed by atoms with Gasteiger partial charge in [-0.2, -0.15) is 0 Å². The third-order valence-corrected chi connectivity index (χ3v) is 4.67. The van der Waals surface area contributed by atoms with Crippen LogP contribution in [-0.4, -0.2) is 62.1 Å². The van der Waals surface area contributed by atoms with E-state index in [9.17, 15) is 4.79 Å². The second-order valence-corrected chi connectivity index (χ2v) is 6.71. The van der Waals surface area contributed by atoms with Gasteiger partial charge in [0, 0.05) is 32.7 Å². The van der Waals surface area contributed by atoms with E-state index < -0.39 is 0 Å². The zero-order valence-corrected chi connectivity index (χ0v) is 15.5. The summed E-state index contributed by atoms with van der Waals surface area (Å²) in [6, 6.07) is 13.4. The van der Waals surface area contributed by atoms with Gasteiger partial charge in [-0.05, 0) is 38.2 Å². The number of likely N-dealkylation sites (N-methyl/N-ethyl adjacent to an activating group) is 1. The number of furan rings is 1. The number of piperazine rings is 1. The highest BCUT2D eigenvalue weighted by molar-refractivity contribution is 5.77. The molecule has 3 rings (SSSR count). The number of nitrogens with zero attached hydrogens (tertiary/aromatic N) is 2. The van der Waals surface area contributed by atoms with Crippen LogP contribution in [0.5, 0.6) is 5.75 Å². The number of benzene rings is 1. The van der Waals surface area contributed by atoms with E-state index in [4.69, 9.17) is 9.15 Å². The summed E-state index contributed by atoms with van der Waals surface area (Å²) >= 11 is 0. The summed E-state index contributed by atoms with van der Waals surface area (Å²) in [6.45, 7) is 6.40. The normalized spacial score (nSPS) is 17.0. The van der Waals surface area contributed by atoms with E-state index in [1.165, 1.54) is 0 Å². The van der Waals surface area contributed by atoms with Gasteiger partial charge in [-0.1, -0.05) is 18.2 Å². The number of aryl methyl sites for hydroxylation is 1. The fourth-order valence-corrected chi connectivity index (χ4v) is 3.10. The second kappa shape index (κ2) is 8.87. The predicted octanol–water partition coefficient (Wildman–Crippen LogP) is 2.07. The summed E-state index contributed by atoms with van der Waals surface area (Å²) in [7, 11) is 2.13. The van der Waals surface area contributed by atoms with E-state index in [1.54, 1.807) is 0 Å². The van der Waals surface area contributed by atoms with E-state index in [0.717, 1.165) is 37.7 Å². The Bertz CT molecular complexity index is 693. The van der Waals surface area contributed by atoms with Gasteiger partial charge in [0.25, 0.3) is 5.91 Å². The molecule has 1 aromatic heterocycles. The van der Waals surface area contributed by atoms with Gasteiger partial charge in [0.05, 0.1) is 6.04 Å². The quantitative estimate of drug-likeness (QED) is 0.822. The fraction of sp³-hybridized carbons (Fsp3) is 0.450.